The highest BCUT2D eigenvalue weighted by atomic mass is 16.5. The van der Waals surface area contributed by atoms with Crippen LogP contribution in [0.5, 0.6) is 5.75 Å². The smallest absolute Gasteiger partial charge is 0.308 e. The van der Waals surface area contributed by atoms with Gasteiger partial charge in [0.1, 0.15) is 11.8 Å². The first-order valence-electron chi connectivity index (χ1n) is 8.93. The Labute approximate surface area is 159 Å². The molecule has 0 N–H and O–H groups in total. The first-order valence-corrected chi connectivity index (χ1v) is 8.93. The first kappa shape index (κ1) is 20.2. The summed E-state index contributed by atoms with van der Waals surface area (Å²) in [7, 11) is 0. The molecule has 2 aromatic rings. The SMILES string of the molecule is CC(C)C(=O)OCCCCOc1ccc2cc(/C=C(\C#N)C=O)ccc2c1. The number of carbonyl (C=O) groups is 2. The summed E-state index contributed by atoms with van der Waals surface area (Å²) in [5.74, 6) is 0.505. The predicted octanol–water partition coefficient (Wildman–Crippen LogP) is 4.30. The second-order valence-electron chi connectivity index (χ2n) is 6.48. The number of nitriles is 1. The molecule has 0 bridgehead atoms. The van der Waals surface area contributed by atoms with Crippen LogP contribution < -0.4 is 4.74 Å². The lowest BCUT2D eigenvalue weighted by Crippen LogP contribution is -2.12. The van der Waals surface area contributed by atoms with Crippen molar-refractivity contribution in [3.8, 4) is 11.8 Å². The Morgan fingerprint density at radius 3 is 2.52 bits per heavy atom. The van der Waals surface area contributed by atoms with Gasteiger partial charge in [-0.05, 0) is 53.5 Å². The molecule has 0 spiro atoms. The molecule has 0 unspecified atom stereocenters. The molecule has 0 saturated carbocycles. The molecular weight excluding hydrogens is 342 g/mol. The Balaban J connectivity index is 1.88. The number of hydrogen-bond donors (Lipinski definition) is 0. The van der Waals surface area contributed by atoms with Crippen LogP contribution in [-0.4, -0.2) is 25.5 Å². The van der Waals surface area contributed by atoms with Crippen molar-refractivity contribution in [1.82, 2.24) is 0 Å². The van der Waals surface area contributed by atoms with Gasteiger partial charge in [-0.2, -0.15) is 5.26 Å². The van der Waals surface area contributed by atoms with E-state index in [1.165, 1.54) is 0 Å². The number of ether oxygens (including phenoxy) is 2. The molecule has 2 aromatic carbocycles. The minimum Gasteiger partial charge on any atom is -0.494 e. The maximum absolute atomic E-state index is 11.3. The lowest BCUT2D eigenvalue weighted by atomic mass is 10.1. The van der Waals surface area contributed by atoms with E-state index in [-0.39, 0.29) is 17.5 Å². The number of rotatable bonds is 9. The quantitative estimate of drug-likeness (QED) is 0.218. The van der Waals surface area contributed by atoms with E-state index >= 15 is 0 Å². The van der Waals surface area contributed by atoms with Crippen LogP contribution in [-0.2, 0) is 14.3 Å². The third kappa shape index (κ3) is 6.27. The third-order valence-electron chi connectivity index (χ3n) is 3.94. The van der Waals surface area contributed by atoms with Crippen LogP contribution in [0, 0.1) is 17.2 Å². The molecule has 0 aliphatic carbocycles. The Bertz CT molecular complexity index is 878. The summed E-state index contributed by atoms with van der Waals surface area (Å²) in [4.78, 5) is 22.1. The van der Waals surface area contributed by atoms with Crippen LogP contribution in [0.2, 0.25) is 0 Å². The van der Waals surface area contributed by atoms with Crippen LogP contribution in [0.15, 0.2) is 42.0 Å². The summed E-state index contributed by atoms with van der Waals surface area (Å²) < 4.78 is 10.9. The Hall–Kier alpha value is -3.13. The minimum absolute atomic E-state index is 0.0911. The molecule has 0 radical (unpaired) electrons. The van der Waals surface area contributed by atoms with E-state index in [1.54, 1.807) is 6.08 Å². The van der Waals surface area contributed by atoms with Gasteiger partial charge in [-0.15, -0.1) is 0 Å². The second kappa shape index (κ2) is 10.1. The van der Waals surface area contributed by atoms with E-state index in [1.807, 2.05) is 56.3 Å². The number of esters is 1. The number of nitrogens with zero attached hydrogens (tertiary/aromatic N) is 1. The molecule has 2 rings (SSSR count). The van der Waals surface area contributed by atoms with E-state index in [4.69, 9.17) is 14.7 Å². The fourth-order valence-electron chi connectivity index (χ4n) is 2.43. The number of aldehydes is 1. The normalized spacial score (nSPS) is 11.3. The van der Waals surface area contributed by atoms with E-state index in [2.05, 4.69) is 0 Å². The average molecular weight is 365 g/mol. The van der Waals surface area contributed by atoms with Gasteiger partial charge in [0.25, 0.3) is 0 Å². The maximum Gasteiger partial charge on any atom is 0.308 e. The minimum atomic E-state index is -0.172. The predicted molar refractivity (Wildman–Crippen MR) is 104 cm³/mol. The fourth-order valence-corrected chi connectivity index (χ4v) is 2.43. The van der Waals surface area contributed by atoms with Crippen molar-refractivity contribution >= 4 is 29.1 Å². The Morgan fingerprint density at radius 1 is 1.11 bits per heavy atom. The molecular formula is C22H23NO4. The van der Waals surface area contributed by atoms with Crippen LogP contribution in [0.3, 0.4) is 0 Å². The van der Waals surface area contributed by atoms with Crippen molar-refractivity contribution < 1.29 is 19.1 Å². The molecule has 0 fully saturated rings. The van der Waals surface area contributed by atoms with E-state index in [0.29, 0.717) is 19.5 Å². The molecule has 0 aliphatic rings. The van der Waals surface area contributed by atoms with E-state index in [0.717, 1.165) is 34.9 Å². The standard InChI is InChI=1S/C22H23NO4/c1-16(2)22(25)27-10-4-3-9-26-21-8-7-19-12-17(5-6-20(19)13-21)11-18(14-23)15-24/h5-8,11-13,15-16H,3-4,9-10H2,1-2H3/b18-11+. The van der Waals surface area contributed by atoms with Crippen LogP contribution >= 0.6 is 0 Å². The largest absolute Gasteiger partial charge is 0.494 e. The number of fused-ring (bicyclic) bond motifs is 1. The van der Waals surface area contributed by atoms with Crippen molar-refractivity contribution in [2.75, 3.05) is 13.2 Å². The van der Waals surface area contributed by atoms with Gasteiger partial charge in [0, 0.05) is 0 Å². The highest BCUT2D eigenvalue weighted by Gasteiger charge is 2.07. The zero-order chi connectivity index (χ0) is 19.6. The highest BCUT2D eigenvalue weighted by molar-refractivity contribution is 5.90. The van der Waals surface area contributed by atoms with Crippen LogP contribution in [0.25, 0.3) is 16.8 Å². The molecule has 0 atom stereocenters. The number of carbonyl (C=O) groups excluding carboxylic acids is 2. The average Bonchev–Trinajstić information content (AvgIpc) is 2.68. The summed E-state index contributed by atoms with van der Waals surface area (Å²) in [6.07, 6.45) is 3.67. The van der Waals surface area contributed by atoms with Crippen molar-refractivity contribution in [3.63, 3.8) is 0 Å². The third-order valence-corrected chi connectivity index (χ3v) is 3.94. The molecule has 5 nitrogen and oxygen atoms in total. The number of allylic oxidation sites excluding steroid dienone is 1. The lowest BCUT2D eigenvalue weighted by molar-refractivity contribution is -0.147. The van der Waals surface area contributed by atoms with Gasteiger partial charge in [0.05, 0.1) is 24.7 Å². The molecule has 0 aliphatic heterocycles. The van der Waals surface area contributed by atoms with E-state index in [9.17, 15) is 9.59 Å². The van der Waals surface area contributed by atoms with E-state index < -0.39 is 0 Å². The molecule has 0 aromatic heterocycles. The summed E-state index contributed by atoms with van der Waals surface area (Å²) in [6, 6.07) is 13.3. The number of hydrogen-bond acceptors (Lipinski definition) is 5. The molecule has 140 valence electrons. The van der Waals surface area contributed by atoms with Crippen molar-refractivity contribution in [2.45, 2.75) is 26.7 Å². The van der Waals surface area contributed by atoms with Gasteiger partial charge >= 0.3 is 5.97 Å². The summed E-state index contributed by atoms with van der Waals surface area (Å²) >= 11 is 0. The summed E-state index contributed by atoms with van der Waals surface area (Å²) in [5, 5.41) is 10.8. The first-order chi connectivity index (χ1) is 13.0. The van der Waals surface area contributed by atoms with Gasteiger partial charge < -0.3 is 9.47 Å². The van der Waals surface area contributed by atoms with Gasteiger partial charge in [-0.1, -0.05) is 32.0 Å². The molecule has 0 heterocycles. The topological polar surface area (TPSA) is 76.4 Å². The van der Waals surface area contributed by atoms with Crippen LogP contribution in [0.4, 0.5) is 0 Å². The summed E-state index contributed by atoms with van der Waals surface area (Å²) in [5.41, 5.74) is 0.893. The van der Waals surface area contributed by atoms with Crippen molar-refractivity contribution in [2.24, 2.45) is 5.92 Å². The van der Waals surface area contributed by atoms with Crippen molar-refractivity contribution in [3.05, 3.63) is 47.5 Å². The van der Waals surface area contributed by atoms with Gasteiger partial charge in [-0.25, -0.2) is 0 Å². The molecule has 0 amide bonds. The van der Waals surface area contributed by atoms with Gasteiger partial charge in [0.2, 0.25) is 0 Å². The highest BCUT2D eigenvalue weighted by Crippen LogP contribution is 2.23. The number of unbranched alkanes of at least 4 members (excludes halogenated alkanes) is 1. The lowest BCUT2D eigenvalue weighted by Gasteiger charge is -2.09. The van der Waals surface area contributed by atoms with Gasteiger partial charge in [-0.3, -0.25) is 9.59 Å². The molecule has 0 saturated heterocycles. The second-order valence-corrected chi connectivity index (χ2v) is 6.48. The number of benzene rings is 2. The van der Waals surface area contributed by atoms with Crippen molar-refractivity contribution in [1.29, 1.82) is 5.26 Å². The monoisotopic (exact) mass is 365 g/mol. The molecule has 27 heavy (non-hydrogen) atoms. The van der Waals surface area contributed by atoms with Gasteiger partial charge in [0.15, 0.2) is 6.29 Å². The zero-order valence-corrected chi connectivity index (χ0v) is 15.6. The Morgan fingerprint density at radius 2 is 1.81 bits per heavy atom. The zero-order valence-electron chi connectivity index (χ0n) is 15.6. The maximum atomic E-state index is 11.3. The molecule has 5 heteroatoms. The Kier molecular flexibility index (Phi) is 7.57. The summed E-state index contributed by atoms with van der Waals surface area (Å²) in [6.45, 7) is 4.60. The fraction of sp³-hybridized carbons (Fsp3) is 0.318. The van der Waals surface area contributed by atoms with Crippen LogP contribution in [0.1, 0.15) is 32.3 Å².